The number of aromatic amines is 1. The van der Waals surface area contributed by atoms with Crippen molar-refractivity contribution >= 4 is 34.8 Å². The molecule has 0 bridgehead atoms. The lowest BCUT2D eigenvalue weighted by atomic mass is 10.0. The average Bonchev–Trinajstić information content (AvgIpc) is 3.01. The SMILES string of the molecule is CC(C)(C)OC(=O)NC(CC(N)=O)C(=O)NC(Cc1c[nH]c2ccccc12)C(=O)O. The second kappa shape index (κ2) is 9.29. The molecule has 10 heteroatoms. The zero-order valence-electron chi connectivity index (χ0n) is 17.0. The van der Waals surface area contributed by atoms with Crippen LogP contribution < -0.4 is 16.4 Å². The minimum absolute atomic E-state index is 0.000809. The van der Waals surface area contributed by atoms with Gasteiger partial charge >= 0.3 is 12.1 Å². The van der Waals surface area contributed by atoms with Crippen molar-refractivity contribution in [2.75, 3.05) is 0 Å². The van der Waals surface area contributed by atoms with Crippen LogP contribution in [0.5, 0.6) is 0 Å². The number of nitrogens with one attached hydrogen (secondary N) is 3. The number of hydrogen-bond donors (Lipinski definition) is 5. The normalized spacial score (nSPS) is 13.3. The summed E-state index contributed by atoms with van der Waals surface area (Å²) in [6.45, 7) is 4.91. The van der Waals surface area contributed by atoms with Gasteiger partial charge in [0.05, 0.1) is 6.42 Å². The first-order chi connectivity index (χ1) is 14.0. The number of nitrogens with two attached hydrogens (primary N) is 1. The highest BCUT2D eigenvalue weighted by molar-refractivity contribution is 5.93. The standard InChI is InChI=1S/C20H26N4O6/c1-20(2,3)30-19(29)24-14(9-16(21)25)17(26)23-15(18(27)28)8-11-10-22-13-7-5-4-6-12(11)13/h4-7,10,14-15,22H,8-9H2,1-3H3,(H2,21,25)(H,23,26)(H,24,29)(H,27,28). The third-order valence-electron chi connectivity index (χ3n) is 4.13. The van der Waals surface area contributed by atoms with E-state index in [4.69, 9.17) is 10.5 Å². The number of carbonyl (C=O) groups excluding carboxylic acids is 3. The maximum absolute atomic E-state index is 12.6. The van der Waals surface area contributed by atoms with Gasteiger partial charge < -0.3 is 31.2 Å². The predicted octanol–water partition coefficient (Wildman–Crippen LogP) is 1.05. The first-order valence-corrected chi connectivity index (χ1v) is 9.32. The van der Waals surface area contributed by atoms with Crippen molar-refractivity contribution in [1.29, 1.82) is 0 Å². The highest BCUT2D eigenvalue weighted by Gasteiger charge is 2.30. The number of amides is 3. The van der Waals surface area contributed by atoms with Crippen LogP contribution >= 0.6 is 0 Å². The molecule has 0 radical (unpaired) electrons. The van der Waals surface area contributed by atoms with Gasteiger partial charge in [-0.1, -0.05) is 18.2 Å². The summed E-state index contributed by atoms with van der Waals surface area (Å²) in [5, 5.41) is 15.0. The Morgan fingerprint density at radius 3 is 2.40 bits per heavy atom. The van der Waals surface area contributed by atoms with Gasteiger partial charge in [-0.15, -0.1) is 0 Å². The molecule has 0 aliphatic heterocycles. The Bertz CT molecular complexity index is 946. The molecule has 1 aromatic carbocycles. The number of carbonyl (C=O) groups is 4. The molecule has 0 fully saturated rings. The Morgan fingerprint density at radius 2 is 1.80 bits per heavy atom. The zero-order valence-corrected chi connectivity index (χ0v) is 17.0. The van der Waals surface area contributed by atoms with Crippen molar-refractivity contribution in [2.45, 2.75) is 51.3 Å². The number of H-pyrrole nitrogens is 1. The summed E-state index contributed by atoms with van der Waals surface area (Å²) in [6, 6.07) is 4.69. The van der Waals surface area contributed by atoms with Crippen LogP contribution in [-0.4, -0.2) is 51.7 Å². The Kier molecular flexibility index (Phi) is 7.04. The van der Waals surface area contributed by atoms with Crippen LogP contribution in [0.25, 0.3) is 10.9 Å². The topological polar surface area (TPSA) is 164 Å². The second-order valence-electron chi connectivity index (χ2n) is 7.83. The molecule has 0 saturated heterocycles. The molecule has 0 spiro atoms. The summed E-state index contributed by atoms with van der Waals surface area (Å²) in [4.78, 5) is 50.7. The molecular weight excluding hydrogens is 392 g/mol. The van der Waals surface area contributed by atoms with E-state index in [1.54, 1.807) is 27.0 Å². The number of ether oxygens (including phenoxy) is 1. The summed E-state index contributed by atoms with van der Waals surface area (Å²) < 4.78 is 5.08. The molecule has 10 nitrogen and oxygen atoms in total. The molecule has 2 rings (SSSR count). The maximum atomic E-state index is 12.6. The number of para-hydroxylation sites is 1. The second-order valence-corrected chi connectivity index (χ2v) is 7.83. The molecule has 162 valence electrons. The molecule has 3 amide bonds. The van der Waals surface area contributed by atoms with E-state index in [0.29, 0.717) is 5.56 Å². The van der Waals surface area contributed by atoms with Gasteiger partial charge in [0.1, 0.15) is 17.7 Å². The van der Waals surface area contributed by atoms with Gasteiger partial charge in [-0.2, -0.15) is 0 Å². The number of carboxylic acid groups (broad SMARTS) is 1. The van der Waals surface area contributed by atoms with E-state index in [1.807, 2.05) is 24.3 Å². The molecule has 2 aromatic rings. The van der Waals surface area contributed by atoms with Crippen LogP contribution in [0.3, 0.4) is 0 Å². The van der Waals surface area contributed by atoms with Gasteiger partial charge in [0.2, 0.25) is 11.8 Å². The summed E-state index contributed by atoms with van der Waals surface area (Å²) in [6.07, 6.45) is 0.241. The lowest BCUT2D eigenvalue weighted by Gasteiger charge is -2.24. The van der Waals surface area contributed by atoms with Crippen molar-refractivity contribution < 1.29 is 29.0 Å². The summed E-state index contributed by atoms with van der Waals surface area (Å²) >= 11 is 0. The van der Waals surface area contributed by atoms with E-state index in [2.05, 4.69) is 15.6 Å². The fourth-order valence-corrected chi connectivity index (χ4v) is 2.85. The number of aromatic nitrogens is 1. The minimum atomic E-state index is -1.37. The van der Waals surface area contributed by atoms with Crippen molar-refractivity contribution in [3.05, 3.63) is 36.0 Å². The third kappa shape index (κ3) is 6.50. The van der Waals surface area contributed by atoms with Crippen LogP contribution in [0.4, 0.5) is 4.79 Å². The number of rotatable bonds is 8. The summed E-state index contributed by atoms with van der Waals surface area (Å²) in [7, 11) is 0. The van der Waals surface area contributed by atoms with Crippen molar-refractivity contribution in [1.82, 2.24) is 15.6 Å². The first-order valence-electron chi connectivity index (χ1n) is 9.32. The molecule has 1 aromatic heterocycles. The number of benzene rings is 1. The van der Waals surface area contributed by atoms with E-state index < -0.39 is 48.0 Å². The number of carboxylic acids is 1. The number of aliphatic carboxylic acids is 1. The number of fused-ring (bicyclic) bond motifs is 1. The van der Waals surface area contributed by atoms with Crippen LogP contribution in [0.15, 0.2) is 30.5 Å². The van der Waals surface area contributed by atoms with Crippen LogP contribution in [0.1, 0.15) is 32.8 Å². The van der Waals surface area contributed by atoms with E-state index in [-0.39, 0.29) is 6.42 Å². The molecule has 0 saturated carbocycles. The van der Waals surface area contributed by atoms with Gasteiger partial charge in [-0.05, 0) is 32.4 Å². The third-order valence-corrected chi connectivity index (χ3v) is 4.13. The molecule has 2 unspecified atom stereocenters. The molecule has 1 heterocycles. The van der Waals surface area contributed by atoms with Gasteiger partial charge in [-0.3, -0.25) is 9.59 Å². The van der Waals surface area contributed by atoms with E-state index in [1.165, 1.54) is 0 Å². The first kappa shape index (κ1) is 22.7. The average molecular weight is 418 g/mol. The lowest BCUT2D eigenvalue weighted by molar-refractivity contribution is -0.142. The maximum Gasteiger partial charge on any atom is 0.408 e. The van der Waals surface area contributed by atoms with Crippen molar-refractivity contribution in [3.8, 4) is 0 Å². The molecule has 2 atom stereocenters. The highest BCUT2D eigenvalue weighted by Crippen LogP contribution is 2.19. The molecule has 0 aliphatic rings. The quantitative estimate of drug-likeness (QED) is 0.430. The van der Waals surface area contributed by atoms with Gasteiger partial charge in [0.25, 0.3) is 0 Å². The summed E-state index contributed by atoms with van der Waals surface area (Å²) in [5.41, 5.74) is 5.88. The van der Waals surface area contributed by atoms with Crippen LogP contribution in [0, 0.1) is 0 Å². The van der Waals surface area contributed by atoms with Gasteiger partial charge in [0.15, 0.2) is 0 Å². The van der Waals surface area contributed by atoms with E-state index in [9.17, 15) is 24.3 Å². The fourth-order valence-electron chi connectivity index (χ4n) is 2.85. The number of alkyl carbamates (subject to hydrolysis) is 1. The van der Waals surface area contributed by atoms with Crippen LogP contribution in [0.2, 0.25) is 0 Å². The van der Waals surface area contributed by atoms with Gasteiger partial charge in [0, 0.05) is 23.5 Å². The Morgan fingerprint density at radius 1 is 1.13 bits per heavy atom. The number of hydrogen-bond acceptors (Lipinski definition) is 5. The Balaban J connectivity index is 2.14. The fraction of sp³-hybridized carbons (Fsp3) is 0.400. The monoisotopic (exact) mass is 418 g/mol. The highest BCUT2D eigenvalue weighted by atomic mass is 16.6. The van der Waals surface area contributed by atoms with E-state index >= 15 is 0 Å². The Hall–Kier alpha value is -3.56. The smallest absolute Gasteiger partial charge is 0.408 e. The molecule has 0 aliphatic carbocycles. The molecule has 6 N–H and O–H groups in total. The zero-order chi connectivity index (χ0) is 22.5. The van der Waals surface area contributed by atoms with Gasteiger partial charge in [-0.25, -0.2) is 9.59 Å². The minimum Gasteiger partial charge on any atom is -0.480 e. The largest absolute Gasteiger partial charge is 0.480 e. The number of primary amides is 1. The Labute approximate surface area is 173 Å². The van der Waals surface area contributed by atoms with Crippen molar-refractivity contribution in [2.24, 2.45) is 5.73 Å². The van der Waals surface area contributed by atoms with Crippen LogP contribution in [-0.2, 0) is 25.5 Å². The molecular formula is C20H26N4O6. The van der Waals surface area contributed by atoms with E-state index in [0.717, 1.165) is 10.9 Å². The summed E-state index contributed by atoms with van der Waals surface area (Å²) in [5.74, 6) is -2.95. The molecule has 30 heavy (non-hydrogen) atoms. The lowest BCUT2D eigenvalue weighted by Crippen LogP contribution is -2.53. The van der Waals surface area contributed by atoms with Crippen molar-refractivity contribution in [3.63, 3.8) is 0 Å². The predicted molar refractivity (Wildman–Crippen MR) is 109 cm³/mol.